The van der Waals surface area contributed by atoms with Crippen molar-refractivity contribution in [1.29, 1.82) is 0 Å². The molecule has 4 aromatic rings. The number of carbonyl (C=O) groups is 1. The minimum absolute atomic E-state index is 0.166. The van der Waals surface area contributed by atoms with Crippen molar-refractivity contribution in [2.24, 2.45) is 0 Å². The smallest absolute Gasteiger partial charge is 0.265 e. The summed E-state index contributed by atoms with van der Waals surface area (Å²) in [6.07, 6.45) is 3.97. The van der Waals surface area contributed by atoms with Crippen LogP contribution in [0.2, 0.25) is 0 Å². The Bertz CT molecular complexity index is 1300. The molecular weight excluding hydrogens is 398 g/mol. The van der Waals surface area contributed by atoms with Crippen LogP contribution in [0.15, 0.2) is 39.9 Å². The molecule has 4 rings (SSSR count). The molecule has 0 saturated carbocycles. The molecule has 0 aliphatic carbocycles. The van der Waals surface area contributed by atoms with Crippen LogP contribution in [0.1, 0.15) is 28.1 Å². The molecule has 0 atom stereocenters. The number of hydrogen-bond donors (Lipinski definition) is 1. The van der Waals surface area contributed by atoms with Crippen molar-refractivity contribution in [1.82, 2.24) is 24.6 Å². The number of methoxy groups -OCH3 is 1. The van der Waals surface area contributed by atoms with Gasteiger partial charge in [0.1, 0.15) is 17.5 Å². The van der Waals surface area contributed by atoms with Crippen molar-refractivity contribution in [3.63, 3.8) is 0 Å². The lowest BCUT2D eigenvalue weighted by atomic mass is 10.1. The van der Waals surface area contributed by atoms with Crippen LogP contribution in [0.25, 0.3) is 22.0 Å². The van der Waals surface area contributed by atoms with Gasteiger partial charge in [0.2, 0.25) is 5.71 Å². The maximum absolute atomic E-state index is 12.8. The van der Waals surface area contributed by atoms with Gasteiger partial charge in [-0.2, -0.15) is 5.10 Å². The normalized spacial score (nSPS) is 11.5. The lowest BCUT2D eigenvalue weighted by Crippen LogP contribution is -2.28. The van der Waals surface area contributed by atoms with Crippen molar-refractivity contribution < 1.29 is 13.9 Å². The number of nitrogens with zero attached hydrogens (tertiary/aromatic N) is 4. The van der Waals surface area contributed by atoms with E-state index in [9.17, 15) is 9.59 Å². The Hall–Kier alpha value is -3.46. The van der Waals surface area contributed by atoms with E-state index in [1.807, 2.05) is 23.0 Å². The predicted molar refractivity (Wildman–Crippen MR) is 116 cm³/mol. The summed E-state index contributed by atoms with van der Waals surface area (Å²) >= 11 is 0. The number of ether oxygens (including phenoxy) is 1. The Labute approximate surface area is 178 Å². The molecule has 0 aliphatic heterocycles. The van der Waals surface area contributed by atoms with Gasteiger partial charge in [0.25, 0.3) is 11.5 Å². The van der Waals surface area contributed by atoms with E-state index in [0.29, 0.717) is 38.4 Å². The number of benzene rings is 1. The third-order valence-electron chi connectivity index (χ3n) is 5.36. The van der Waals surface area contributed by atoms with Gasteiger partial charge in [-0.3, -0.25) is 18.8 Å². The SMILES string of the molecule is COCCn1cnc2oc(C)c(C(=O)NCCCn3ncc4c(C)cccc43)c2c1=O. The molecule has 3 aromatic heterocycles. The van der Waals surface area contributed by atoms with Gasteiger partial charge in [0.15, 0.2) is 0 Å². The average Bonchev–Trinajstić information content (AvgIpc) is 3.32. The van der Waals surface area contributed by atoms with Gasteiger partial charge in [-0.15, -0.1) is 0 Å². The van der Waals surface area contributed by atoms with Crippen LogP contribution in [0, 0.1) is 13.8 Å². The van der Waals surface area contributed by atoms with Crippen molar-refractivity contribution in [2.45, 2.75) is 33.4 Å². The minimum Gasteiger partial charge on any atom is -0.442 e. The van der Waals surface area contributed by atoms with E-state index in [4.69, 9.17) is 9.15 Å². The van der Waals surface area contributed by atoms with Crippen molar-refractivity contribution >= 4 is 27.9 Å². The molecule has 0 unspecified atom stereocenters. The van der Waals surface area contributed by atoms with Gasteiger partial charge in [0, 0.05) is 25.6 Å². The first kappa shape index (κ1) is 20.8. The third kappa shape index (κ3) is 3.96. The Morgan fingerprint density at radius 3 is 2.90 bits per heavy atom. The molecule has 31 heavy (non-hydrogen) atoms. The maximum atomic E-state index is 12.8. The van der Waals surface area contributed by atoms with Crippen LogP contribution in [0.3, 0.4) is 0 Å². The molecule has 9 nitrogen and oxygen atoms in total. The highest BCUT2D eigenvalue weighted by Crippen LogP contribution is 2.21. The third-order valence-corrected chi connectivity index (χ3v) is 5.36. The van der Waals surface area contributed by atoms with Gasteiger partial charge >= 0.3 is 0 Å². The molecule has 9 heteroatoms. The fraction of sp³-hybridized carbons (Fsp3) is 0.364. The topological polar surface area (TPSA) is 104 Å². The molecule has 0 spiro atoms. The number of amides is 1. The Kier molecular flexibility index (Phi) is 5.85. The van der Waals surface area contributed by atoms with Crippen LogP contribution in [0.5, 0.6) is 0 Å². The molecule has 162 valence electrons. The lowest BCUT2D eigenvalue weighted by Gasteiger charge is -2.07. The molecule has 0 radical (unpaired) electrons. The summed E-state index contributed by atoms with van der Waals surface area (Å²) in [6.45, 7) is 5.55. The predicted octanol–water partition coefficient (Wildman–Crippen LogP) is 2.42. The Balaban J connectivity index is 1.46. The van der Waals surface area contributed by atoms with Gasteiger partial charge < -0.3 is 14.5 Å². The first-order valence-corrected chi connectivity index (χ1v) is 10.2. The Morgan fingerprint density at radius 2 is 2.10 bits per heavy atom. The van der Waals surface area contributed by atoms with E-state index in [0.717, 1.165) is 10.9 Å². The summed E-state index contributed by atoms with van der Waals surface area (Å²) in [6, 6.07) is 6.11. The van der Waals surface area contributed by atoms with Gasteiger partial charge in [-0.05, 0) is 31.9 Å². The van der Waals surface area contributed by atoms with Crippen LogP contribution in [-0.4, -0.2) is 45.5 Å². The molecule has 1 aromatic carbocycles. The highest BCUT2D eigenvalue weighted by molar-refractivity contribution is 6.06. The number of furan rings is 1. The number of rotatable bonds is 8. The first-order valence-electron chi connectivity index (χ1n) is 10.2. The molecule has 0 fully saturated rings. The highest BCUT2D eigenvalue weighted by Gasteiger charge is 2.22. The fourth-order valence-electron chi connectivity index (χ4n) is 3.70. The Morgan fingerprint density at radius 1 is 1.26 bits per heavy atom. The average molecular weight is 423 g/mol. The quantitative estimate of drug-likeness (QED) is 0.437. The number of aromatic nitrogens is 4. The van der Waals surface area contributed by atoms with Crippen molar-refractivity contribution in [3.05, 3.63) is 58.0 Å². The largest absolute Gasteiger partial charge is 0.442 e. The highest BCUT2D eigenvalue weighted by atomic mass is 16.5. The van der Waals surface area contributed by atoms with E-state index in [-0.39, 0.29) is 28.1 Å². The summed E-state index contributed by atoms with van der Waals surface area (Å²) in [5, 5.41) is 8.66. The standard InChI is InChI=1S/C22H25N5O4/c1-14-6-4-7-17-16(14)12-25-27(17)9-5-8-23-20(28)18-15(2)31-21-19(18)22(29)26(13-24-21)10-11-30-3/h4,6-7,12-13H,5,8-11H2,1-3H3,(H,23,28). The number of aryl methyl sites for hydroxylation is 3. The number of carbonyl (C=O) groups excluding carboxylic acids is 1. The van der Waals surface area contributed by atoms with E-state index in [1.54, 1.807) is 14.0 Å². The summed E-state index contributed by atoms with van der Waals surface area (Å²) in [7, 11) is 1.56. The summed E-state index contributed by atoms with van der Waals surface area (Å²) in [4.78, 5) is 29.8. The lowest BCUT2D eigenvalue weighted by molar-refractivity contribution is 0.0952. The van der Waals surface area contributed by atoms with E-state index in [2.05, 4.69) is 28.4 Å². The van der Waals surface area contributed by atoms with Crippen LogP contribution in [-0.2, 0) is 17.8 Å². The monoisotopic (exact) mass is 423 g/mol. The fourth-order valence-corrected chi connectivity index (χ4v) is 3.70. The molecule has 0 saturated heterocycles. The zero-order chi connectivity index (χ0) is 22.0. The number of fused-ring (bicyclic) bond motifs is 2. The zero-order valence-corrected chi connectivity index (χ0v) is 17.8. The van der Waals surface area contributed by atoms with Crippen LogP contribution >= 0.6 is 0 Å². The summed E-state index contributed by atoms with van der Waals surface area (Å²) < 4.78 is 13.9. The van der Waals surface area contributed by atoms with Crippen LogP contribution in [0.4, 0.5) is 0 Å². The van der Waals surface area contributed by atoms with Gasteiger partial charge in [-0.25, -0.2) is 4.98 Å². The first-order chi connectivity index (χ1) is 15.0. The zero-order valence-electron chi connectivity index (χ0n) is 17.8. The molecule has 1 N–H and O–H groups in total. The van der Waals surface area contributed by atoms with E-state index >= 15 is 0 Å². The second-order valence-corrected chi connectivity index (χ2v) is 7.43. The van der Waals surface area contributed by atoms with Crippen LogP contribution < -0.4 is 10.9 Å². The molecule has 0 bridgehead atoms. The van der Waals surface area contributed by atoms with Gasteiger partial charge in [0.05, 0.1) is 30.4 Å². The molecule has 3 heterocycles. The number of hydrogen-bond acceptors (Lipinski definition) is 6. The maximum Gasteiger partial charge on any atom is 0.265 e. The van der Waals surface area contributed by atoms with Crippen molar-refractivity contribution in [3.8, 4) is 0 Å². The second kappa shape index (κ2) is 8.73. The second-order valence-electron chi connectivity index (χ2n) is 7.43. The van der Waals surface area contributed by atoms with E-state index in [1.165, 1.54) is 16.5 Å². The number of nitrogens with one attached hydrogen (secondary N) is 1. The van der Waals surface area contributed by atoms with Gasteiger partial charge in [-0.1, -0.05) is 12.1 Å². The molecular formula is C22H25N5O4. The summed E-state index contributed by atoms with van der Waals surface area (Å²) in [5.41, 5.74) is 2.34. The molecule has 1 amide bonds. The summed E-state index contributed by atoms with van der Waals surface area (Å²) in [5.74, 6) is 0.0240. The molecule has 0 aliphatic rings. The van der Waals surface area contributed by atoms with E-state index < -0.39 is 0 Å². The van der Waals surface area contributed by atoms with Crippen molar-refractivity contribution in [2.75, 3.05) is 20.3 Å². The minimum atomic E-state index is -0.346.